The van der Waals surface area contributed by atoms with Crippen LogP contribution < -0.4 is 0 Å². The number of rotatable bonds is 8. The van der Waals surface area contributed by atoms with E-state index in [2.05, 4.69) is 36.1 Å². The molecule has 108 valence electrons. The van der Waals surface area contributed by atoms with Crippen molar-refractivity contribution >= 4 is 0 Å². The minimum Gasteiger partial charge on any atom is -0.392 e. The fourth-order valence-electron chi connectivity index (χ4n) is 2.33. The highest BCUT2D eigenvalue weighted by Crippen LogP contribution is 2.18. The zero-order valence-electron chi connectivity index (χ0n) is 12.3. The molecule has 2 N–H and O–H groups in total. The normalized spacial score (nSPS) is 16.3. The number of hydrogen-bond donors (Lipinski definition) is 2. The van der Waals surface area contributed by atoms with Crippen molar-refractivity contribution < 1.29 is 10.2 Å². The monoisotopic (exact) mass is 265 g/mol. The van der Waals surface area contributed by atoms with Gasteiger partial charge in [-0.2, -0.15) is 0 Å². The summed E-state index contributed by atoms with van der Waals surface area (Å²) in [5, 5.41) is 19.0. The number of hydrogen-bond acceptors (Lipinski definition) is 3. The van der Waals surface area contributed by atoms with E-state index in [1.807, 2.05) is 6.07 Å². The number of aliphatic hydroxyl groups is 2. The highest BCUT2D eigenvalue weighted by atomic mass is 16.3. The first kappa shape index (κ1) is 16.2. The zero-order valence-corrected chi connectivity index (χ0v) is 12.3. The molecule has 0 spiro atoms. The minimum atomic E-state index is -0.356. The van der Waals surface area contributed by atoms with Gasteiger partial charge < -0.3 is 10.2 Å². The third kappa shape index (κ3) is 6.71. The lowest BCUT2D eigenvalue weighted by molar-refractivity contribution is 0.0820. The second-order valence-corrected chi connectivity index (χ2v) is 5.56. The van der Waals surface area contributed by atoms with Gasteiger partial charge in [0.25, 0.3) is 0 Å². The van der Waals surface area contributed by atoms with Gasteiger partial charge in [-0.25, -0.2) is 0 Å². The van der Waals surface area contributed by atoms with Gasteiger partial charge in [-0.15, -0.1) is 0 Å². The van der Waals surface area contributed by atoms with Gasteiger partial charge >= 0.3 is 0 Å². The van der Waals surface area contributed by atoms with E-state index < -0.39 is 0 Å². The van der Waals surface area contributed by atoms with Crippen molar-refractivity contribution in [2.75, 3.05) is 19.6 Å². The van der Waals surface area contributed by atoms with Crippen molar-refractivity contribution in [2.24, 2.45) is 0 Å². The van der Waals surface area contributed by atoms with Crippen LogP contribution in [0.2, 0.25) is 0 Å². The maximum Gasteiger partial charge on any atom is 0.0639 e. The molecule has 0 heterocycles. The van der Waals surface area contributed by atoms with Crippen LogP contribution in [-0.4, -0.2) is 47.0 Å². The van der Waals surface area contributed by atoms with Crippen LogP contribution >= 0.6 is 0 Å². The summed E-state index contributed by atoms with van der Waals surface area (Å²) < 4.78 is 0. The standard InChI is InChI=1S/C16H27NO2/c1-13(16-7-5-4-6-8-16)9-10-17(11-14(2)18)12-15(3)19/h4-8,13-15,18-19H,9-12H2,1-3H3/t13-,14+,15+/m1/s1. The molecule has 0 aliphatic heterocycles. The summed E-state index contributed by atoms with van der Waals surface area (Å²) in [5.74, 6) is 0.492. The van der Waals surface area contributed by atoms with Crippen LogP contribution in [0.25, 0.3) is 0 Å². The van der Waals surface area contributed by atoms with E-state index in [0.29, 0.717) is 19.0 Å². The molecule has 0 aliphatic carbocycles. The third-order valence-corrected chi connectivity index (χ3v) is 3.29. The molecule has 1 aromatic rings. The molecular formula is C16H27NO2. The first-order valence-electron chi connectivity index (χ1n) is 7.12. The molecule has 0 amide bonds. The number of nitrogens with zero attached hydrogens (tertiary/aromatic N) is 1. The van der Waals surface area contributed by atoms with E-state index in [-0.39, 0.29) is 12.2 Å². The summed E-state index contributed by atoms with van der Waals surface area (Å²) in [5.41, 5.74) is 1.34. The van der Waals surface area contributed by atoms with Crippen LogP contribution in [0.5, 0.6) is 0 Å². The molecule has 0 aliphatic rings. The minimum absolute atomic E-state index is 0.356. The Kier molecular flexibility index (Phi) is 7.06. The van der Waals surface area contributed by atoms with Crippen LogP contribution in [0.3, 0.4) is 0 Å². The molecule has 3 nitrogen and oxygen atoms in total. The smallest absolute Gasteiger partial charge is 0.0639 e. The van der Waals surface area contributed by atoms with Gasteiger partial charge in [0.1, 0.15) is 0 Å². The maximum absolute atomic E-state index is 9.49. The molecule has 0 saturated carbocycles. The average Bonchev–Trinajstić information content (AvgIpc) is 2.35. The fourth-order valence-corrected chi connectivity index (χ4v) is 2.33. The predicted molar refractivity (Wildman–Crippen MR) is 79.3 cm³/mol. The van der Waals surface area contributed by atoms with Crippen molar-refractivity contribution in [3.63, 3.8) is 0 Å². The molecule has 0 aromatic heterocycles. The van der Waals surface area contributed by atoms with E-state index in [0.717, 1.165) is 13.0 Å². The second-order valence-electron chi connectivity index (χ2n) is 5.56. The van der Waals surface area contributed by atoms with Crippen LogP contribution in [0.1, 0.15) is 38.7 Å². The lowest BCUT2D eigenvalue weighted by Crippen LogP contribution is -2.37. The Hall–Kier alpha value is -0.900. The van der Waals surface area contributed by atoms with E-state index in [1.54, 1.807) is 13.8 Å². The molecule has 1 aromatic carbocycles. The van der Waals surface area contributed by atoms with Crippen molar-refractivity contribution in [1.29, 1.82) is 0 Å². The molecule has 0 unspecified atom stereocenters. The van der Waals surface area contributed by atoms with Gasteiger partial charge in [0.15, 0.2) is 0 Å². The van der Waals surface area contributed by atoms with E-state index in [4.69, 9.17) is 0 Å². The molecule has 0 fully saturated rings. The van der Waals surface area contributed by atoms with Gasteiger partial charge in [-0.05, 0) is 38.3 Å². The third-order valence-electron chi connectivity index (χ3n) is 3.29. The lowest BCUT2D eigenvalue weighted by Gasteiger charge is -2.26. The Morgan fingerprint density at radius 2 is 1.47 bits per heavy atom. The molecule has 3 atom stereocenters. The van der Waals surface area contributed by atoms with Crippen LogP contribution in [0, 0.1) is 0 Å². The Morgan fingerprint density at radius 3 is 1.95 bits per heavy atom. The highest BCUT2D eigenvalue weighted by Gasteiger charge is 2.13. The summed E-state index contributed by atoms with van der Waals surface area (Å²) in [6.45, 7) is 7.92. The highest BCUT2D eigenvalue weighted by molar-refractivity contribution is 5.18. The molecule has 0 radical (unpaired) electrons. The number of aliphatic hydroxyl groups excluding tert-OH is 2. The van der Waals surface area contributed by atoms with Crippen LogP contribution in [0.4, 0.5) is 0 Å². The SMILES string of the molecule is C[C@H](O)CN(CC[C@@H](C)c1ccccc1)C[C@H](C)O. The molecule has 0 bridgehead atoms. The lowest BCUT2D eigenvalue weighted by atomic mass is 9.97. The Bertz CT molecular complexity index is 328. The van der Waals surface area contributed by atoms with Crippen LogP contribution in [-0.2, 0) is 0 Å². The summed E-state index contributed by atoms with van der Waals surface area (Å²) in [7, 11) is 0. The van der Waals surface area contributed by atoms with Gasteiger partial charge in [-0.3, -0.25) is 4.90 Å². The summed E-state index contributed by atoms with van der Waals surface area (Å²) in [4.78, 5) is 2.13. The first-order valence-corrected chi connectivity index (χ1v) is 7.12. The zero-order chi connectivity index (χ0) is 14.3. The number of benzene rings is 1. The van der Waals surface area contributed by atoms with Gasteiger partial charge in [0.05, 0.1) is 12.2 Å². The van der Waals surface area contributed by atoms with Crippen molar-refractivity contribution in [3.05, 3.63) is 35.9 Å². The molecule has 0 saturated heterocycles. The van der Waals surface area contributed by atoms with Gasteiger partial charge in [0.2, 0.25) is 0 Å². The second kappa shape index (κ2) is 8.31. The van der Waals surface area contributed by atoms with E-state index >= 15 is 0 Å². The largest absolute Gasteiger partial charge is 0.392 e. The topological polar surface area (TPSA) is 43.7 Å². The average molecular weight is 265 g/mol. The molecule has 1 rings (SSSR count). The predicted octanol–water partition coefficient (Wildman–Crippen LogP) is 2.24. The van der Waals surface area contributed by atoms with Gasteiger partial charge in [-0.1, -0.05) is 37.3 Å². The molecular weight excluding hydrogens is 238 g/mol. The summed E-state index contributed by atoms with van der Waals surface area (Å²) >= 11 is 0. The van der Waals surface area contributed by atoms with Crippen molar-refractivity contribution in [3.8, 4) is 0 Å². The molecule has 3 heteroatoms. The van der Waals surface area contributed by atoms with Crippen molar-refractivity contribution in [2.45, 2.75) is 45.3 Å². The summed E-state index contributed by atoms with van der Waals surface area (Å²) in [6, 6.07) is 10.5. The quantitative estimate of drug-likeness (QED) is 0.757. The Labute approximate surface area is 116 Å². The summed E-state index contributed by atoms with van der Waals surface area (Å²) in [6.07, 6.45) is 0.320. The van der Waals surface area contributed by atoms with E-state index in [1.165, 1.54) is 5.56 Å². The molecule has 19 heavy (non-hydrogen) atoms. The Morgan fingerprint density at radius 1 is 0.947 bits per heavy atom. The van der Waals surface area contributed by atoms with E-state index in [9.17, 15) is 10.2 Å². The van der Waals surface area contributed by atoms with Crippen LogP contribution in [0.15, 0.2) is 30.3 Å². The Balaban J connectivity index is 2.46. The van der Waals surface area contributed by atoms with Crippen molar-refractivity contribution in [1.82, 2.24) is 4.90 Å². The maximum atomic E-state index is 9.49. The first-order chi connectivity index (χ1) is 8.99. The van der Waals surface area contributed by atoms with Gasteiger partial charge in [0, 0.05) is 13.1 Å². The fraction of sp³-hybridized carbons (Fsp3) is 0.625.